The number of aromatic nitrogens is 1. The molecule has 2 aromatic rings. The van der Waals surface area contributed by atoms with Crippen LogP contribution >= 0.6 is 23.2 Å². The number of nitrogens with zero attached hydrogens (tertiary/aromatic N) is 4. The van der Waals surface area contributed by atoms with Gasteiger partial charge in [-0.15, -0.1) is 0 Å². The van der Waals surface area contributed by atoms with Gasteiger partial charge in [-0.25, -0.2) is 4.98 Å². The molecule has 8 heteroatoms. The minimum Gasteiger partial charge on any atom is -0.353 e. The molecule has 2 unspecified atom stereocenters. The molecule has 2 fully saturated rings. The van der Waals surface area contributed by atoms with Crippen molar-refractivity contribution in [2.75, 3.05) is 37.6 Å². The Balaban J connectivity index is 0.00000361. The molecule has 3 heterocycles. The number of halogens is 2. The highest BCUT2D eigenvalue weighted by Crippen LogP contribution is 2.31. The molecule has 0 bridgehead atoms. The van der Waals surface area contributed by atoms with E-state index in [1.807, 2.05) is 19.1 Å². The first kappa shape index (κ1) is 26.2. The molecule has 2 aliphatic rings. The van der Waals surface area contributed by atoms with Crippen molar-refractivity contribution in [3.8, 4) is 0 Å². The Bertz CT molecular complexity index is 1010. The van der Waals surface area contributed by atoms with Crippen molar-refractivity contribution < 1.29 is 6.22 Å². The molecule has 0 saturated carbocycles. The molecule has 4 rings (SSSR count). The highest BCUT2D eigenvalue weighted by Gasteiger charge is 2.36. The second kappa shape index (κ2) is 11.9. The first-order valence-corrected chi connectivity index (χ1v) is 13.6. The smallest absolute Gasteiger partial charge is 0.252 e. The Labute approximate surface area is 221 Å². The number of nitrogens with one attached hydrogen (secondary N) is 1. The molecule has 1 aromatic heterocycles. The molecule has 35 heavy (non-hydrogen) atoms. The number of carbonyl (C=O) groups excluding carboxylic acids is 1. The second-order valence-corrected chi connectivity index (χ2v) is 10.6. The van der Waals surface area contributed by atoms with E-state index in [-0.39, 0.29) is 7.33 Å². The average molecular weight is 521 g/mol. The van der Waals surface area contributed by atoms with Crippen molar-refractivity contribution in [1.29, 1.82) is 0 Å². The van der Waals surface area contributed by atoms with Gasteiger partial charge in [-0.1, -0.05) is 42.3 Å². The largest absolute Gasteiger partial charge is 0.353 e. The minimum atomic E-state index is -0.138. The third-order valence-electron chi connectivity index (χ3n) is 7.47. The van der Waals surface area contributed by atoms with E-state index < -0.39 is 0 Å². The summed E-state index contributed by atoms with van der Waals surface area (Å²) in [5, 5.41) is 4.14. The molecular formula is C27H39Cl2N5O. The number of piperazine rings is 1. The predicted molar refractivity (Wildman–Crippen MR) is 147 cm³/mol. The SMILES string of the molecule is CCNC(=O)c1cnc(N2CCN(C3CCN(Cc4ccc(Cl)cc4)C(C)C3)[C@@H](CC)C2)c(Cl)c1.[HH]. The van der Waals surface area contributed by atoms with Crippen molar-refractivity contribution in [3.63, 3.8) is 0 Å². The average Bonchev–Trinajstić information content (AvgIpc) is 2.86. The lowest BCUT2D eigenvalue weighted by Crippen LogP contribution is -2.59. The summed E-state index contributed by atoms with van der Waals surface area (Å²) in [5.74, 6) is 0.644. The first-order valence-electron chi connectivity index (χ1n) is 12.8. The summed E-state index contributed by atoms with van der Waals surface area (Å²) in [7, 11) is 0. The third kappa shape index (κ3) is 6.29. The van der Waals surface area contributed by atoms with Gasteiger partial charge in [-0.2, -0.15) is 0 Å². The second-order valence-electron chi connectivity index (χ2n) is 9.76. The molecule has 2 saturated heterocycles. The van der Waals surface area contributed by atoms with Gasteiger partial charge in [0, 0.05) is 70.0 Å². The summed E-state index contributed by atoms with van der Waals surface area (Å²) in [6, 6.07) is 11.6. The normalized spacial score (nSPS) is 23.9. The summed E-state index contributed by atoms with van der Waals surface area (Å²) in [5.41, 5.74) is 1.83. The van der Waals surface area contributed by atoms with Gasteiger partial charge in [0.1, 0.15) is 5.82 Å². The van der Waals surface area contributed by atoms with E-state index in [9.17, 15) is 4.79 Å². The molecule has 192 valence electrons. The Morgan fingerprint density at radius 3 is 2.60 bits per heavy atom. The Morgan fingerprint density at radius 2 is 1.94 bits per heavy atom. The van der Waals surface area contributed by atoms with Gasteiger partial charge in [-0.05, 0) is 56.9 Å². The van der Waals surface area contributed by atoms with E-state index in [1.54, 1.807) is 12.3 Å². The number of pyridine rings is 1. The van der Waals surface area contributed by atoms with Crippen LogP contribution in [0, 0.1) is 0 Å². The lowest BCUT2D eigenvalue weighted by molar-refractivity contribution is 0.0361. The molecule has 0 radical (unpaired) electrons. The van der Waals surface area contributed by atoms with Crippen molar-refractivity contribution in [2.45, 2.75) is 64.7 Å². The fourth-order valence-corrected chi connectivity index (χ4v) is 5.92. The van der Waals surface area contributed by atoms with Gasteiger partial charge in [0.05, 0.1) is 10.6 Å². The quantitative estimate of drug-likeness (QED) is 0.535. The topological polar surface area (TPSA) is 51.7 Å². The summed E-state index contributed by atoms with van der Waals surface area (Å²) < 4.78 is 0. The summed E-state index contributed by atoms with van der Waals surface area (Å²) in [6.45, 7) is 12.0. The van der Waals surface area contributed by atoms with Crippen LogP contribution in [0.4, 0.5) is 5.82 Å². The molecular weight excluding hydrogens is 481 g/mol. The summed E-state index contributed by atoms with van der Waals surface area (Å²) >= 11 is 12.6. The van der Waals surface area contributed by atoms with E-state index in [0.29, 0.717) is 35.3 Å². The van der Waals surface area contributed by atoms with Crippen LogP contribution in [-0.4, -0.2) is 71.5 Å². The van der Waals surface area contributed by atoms with E-state index in [2.05, 4.69) is 51.0 Å². The Hall–Kier alpha value is -1.86. The molecule has 1 aromatic carbocycles. The molecule has 1 amide bonds. The number of amides is 1. The van der Waals surface area contributed by atoms with E-state index in [1.165, 1.54) is 18.4 Å². The number of benzene rings is 1. The highest BCUT2D eigenvalue weighted by atomic mass is 35.5. The third-order valence-corrected chi connectivity index (χ3v) is 8.00. The number of carbonyl (C=O) groups is 1. The minimum absolute atomic E-state index is 0. The molecule has 1 N–H and O–H groups in total. The van der Waals surface area contributed by atoms with E-state index in [0.717, 1.165) is 50.0 Å². The van der Waals surface area contributed by atoms with E-state index in [4.69, 9.17) is 23.2 Å². The molecule has 0 spiro atoms. The van der Waals surface area contributed by atoms with Crippen molar-refractivity contribution in [2.24, 2.45) is 0 Å². The predicted octanol–water partition coefficient (Wildman–Crippen LogP) is 5.34. The number of piperidine rings is 1. The van der Waals surface area contributed by atoms with Crippen LogP contribution in [0.1, 0.15) is 57.4 Å². The molecule has 6 nitrogen and oxygen atoms in total. The van der Waals surface area contributed by atoms with Gasteiger partial charge in [-0.3, -0.25) is 14.6 Å². The van der Waals surface area contributed by atoms with Gasteiger partial charge in [0.2, 0.25) is 0 Å². The van der Waals surface area contributed by atoms with Gasteiger partial charge in [0.25, 0.3) is 5.91 Å². The molecule has 0 aliphatic carbocycles. The van der Waals surface area contributed by atoms with Crippen LogP contribution in [0.3, 0.4) is 0 Å². The number of hydrogen-bond acceptors (Lipinski definition) is 5. The van der Waals surface area contributed by atoms with Gasteiger partial charge >= 0.3 is 0 Å². The zero-order chi connectivity index (χ0) is 24.9. The highest BCUT2D eigenvalue weighted by molar-refractivity contribution is 6.33. The van der Waals surface area contributed by atoms with Crippen LogP contribution in [-0.2, 0) is 6.54 Å². The van der Waals surface area contributed by atoms with Crippen molar-refractivity contribution in [3.05, 3.63) is 57.7 Å². The summed E-state index contributed by atoms with van der Waals surface area (Å²) in [6.07, 6.45) is 5.10. The van der Waals surface area contributed by atoms with E-state index >= 15 is 0 Å². The van der Waals surface area contributed by atoms with Crippen molar-refractivity contribution >= 4 is 34.9 Å². The number of rotatable bonds is 7. The molecule has 3 atom stereocenters. The van der Waals surface area contributed by atoms with Crippen LogP contribution in [0.15, 0.2) is 36.5 Å². The summed E-state index contributed by atoms with van der Waals surface area (Å²) in [4.78, 5) is 24.3. The maximum absolute atomic E-state index is 12.1. The van der Waals surface area contributed by atoms with Crippen LogP contribution in [0.2, 0.25) is 10.0 Å². The Kier molecular flexibility index (Phi) is 8.92. The standard InChI is InChI=1S/C27H37Cl2N5O.H2/c1-4-23-18-33(26-25(29)15-21(16-31-26)27(35)30-5-2)12-13-34(23)24-10-11-32(19(3)14-24)17-20-6-8-22(28)9-7-20;/h6-9,15-16,19,23-24H,4-5,10-14,17-18H2,1-3H3,(H,30,35);1H/t19?,23-,24?;/m0./s1. The zero-order valence-electron chi connectivity index (χ0n) is 21.0. The Morgan fingerprint density at radius 1 is 1.17 bits per heavy atom. The maximum atomic E-state index is 12.1. The fourth-order valence-electron chi connectivity index (χ4n) is 5.51. The van der Waals surface area contributed by atoms with Crippen LogP contribution < -0.4 is 10.2 Å². The van der Waals surface area contributed by atoms with Crippen LogP contribution in [0.5, 0.6) is 0 Å². The number of anilines is 1. The monoisotopic (exact) mass is 519 g/mol. The first-order chi connectivity index (χ1) is 16.9. The number of hydrogen-bond donors (Lipinski definition) is 1. The lowest BCUT2D eigenvalue weighted by Gasteiger charge is -2.49. The zero-order valence-corrected chi connectivity index (χ0v) is 22.5. The number of likely N-dealkylation sites (tertiary alicyclic amines) is 1. The lowest BCUT2D eigenvalue weighted by atomic mass is 9.93. The van der Waals surface area contributed by atoms with Crippen LogP contribution in [0.25, 0.3) is 0 Å². The van der Waals surface area contributed by atoms with Gasteiger partial charge in [0.15, 0.2) is 0 Å². The maximum Gasteiger partial charge on any atom is 0.252 e. The van der Waals surface area contributed by atoms with Gasteiger partial charge < -0.3 is 10.2 Å². The van der Waals surface area contributed by atoms with Crippen molar-refractivity contribution in [1.82, 2.24) is 20.1 Å². The molecule has 2 aliphatic heterocycles. The fraction of sp³-hybridized carbons (Fsp3) is 0.556.